The highest BCUT2D eigenvalue weighted by molar-refractivity contribution is 7.89. The van der Waals surface area contributed by atoms with Crippen molar-refractivity contribution in [3.8, 4) is 11.1 Å². The first-order valence-corrected chi connectivity index (χ1v) is 9.59. The predicted octanol–water partition coefficient (Wildman–Crippen LogP) is 3.59. The molecule has 0 bridgehead atoms. The van der Waals surface area contributed by atoms with E-state index in [0.717, 1.165) is 17.5 Å². The lowest BCUT2D eigenvalue weighted by molar-refractivity contribution is 0.281. The maximum Gasteiger partial charge on any atom is 0.217 e. The average molecular weight is 348 g/mol. The summed E-state index contributed by atoms with van der Waals surface area (Å²) in [6, 6.07) is 8.46. The molecule has 2 aromatic rings. The molecule has 0 amide bonds. The van der Waals surface area contributed by atoms with Gasteiger partial charge in [-0.25, -0.2) is 12.8 Å². The lowest BCUT2D eigenvalue weighted by atomic mass is 10.0. The van der Waals surface area contributed by atoms with Crippen molar-refractivity contribution in [1.82, 2.24) is 9.29 Å². The van der Waals surface area contributed by atoms with Crippen molar-refractivity contribution in [2.45, 2.75) is 44.5 Å². The minimum Gasteiger partial charge on any atom is -0.265 e. The van der Waals surface area contributed by atoms with Crippen LogP contribution in [0.25, 0.3) is 11.1 Å². The van der Waals surface area contributed by atoms with Crippen LogP contribution in [-0.2, 0) is 16.6 Å². The smallest absolute Gasteiger partial charge is 0.217 e. The molecule has 1 aliphatic rings. The summed E-state index contributed by atoms with van der Waals surface area (Å²) < 4.78 is 41.0. The van der Waals surface area contributed by atoms with Gasteiger partial charge in [-0.3, -0.25) is 4.98 Å². The second-order valence-corrected chi connectivity index (χ2v) is 8.67. The number of rotatable bonds is 3. The molecule has 1 fully saturated rings. The molecule has 128 valence electrons. The van der Waals surface area contributed by atoms with E-state index in [1.54, 1.807) is 25.4 Å². The second kappa shape index (κ2) is 6.61. The molecule has 1 aliphatic heterocycles. The molecule has 0 radical (unpaired) electrons. The zero-order valence-corrected chi connectivity index (χ0v) is 14.6. The van der Waals surface area contributed by atoms with Gasteiger partial charge in [-0.1, -0.05) is 12.1 Å². The predicted molar refractivity (Wildman–Crippen MR) is 92.3 cm³/mol. The van der Waals surface area contributed by atoms with Gasteiger partial charge in [0.1, 0.15) is 5.82 Å². The summed E-state index contributed by atoms with van der Waals surface area (Å²) in [7, 11) is -3.37. The summed E-state index contributed by atoms with van der Waals surface area (Å²) in [6.45, 7) is 3.68. The topological polar surface area (TPSA) is 50.3 Å². The monoisotopic (exact) mass is 348 g/mol. The van der Waals surface area contributed by atoms with E-state index in [2.05, 4.69) is 4.98 Å². The molecule has 4 nitrogen and oxygen atoms in total. The van der Waals surface area contributed by atoms with Crippen LogP contribution in [0.15, 0.2) is 42.7 Å². The summed E-state index contributed by atoms with van der Waals surface area (Å²) in [5.74, 6) is -0.384. The Morgan fingerprint density at radius 3 is 2.50 bits per heavy atom. The molecule has 0 saturated carbocycles. The second-order valence-electron chi connectivity index (χ2n) is 6.37. The van der Waals surface area contributed by atoms with Gasteiger partial charge < -0.3 is 0 Å². The molecule has 1 aromatic carbocycles. The van der Waals surface area contributed by atoms with Crippen molar-refractivity contribution in [3.63, 3.8) is 0 Å². The van der Waals surface area contributed by atoms with E-state index in [-0.39, 0.29) is 18.4 Å². The summed E-state index contributed by atoms with van der Waals surface area (Å²) >= 11 is 0. The summed E-state index contributed by atoms with van der Waals surface area (Å²) in [5.41, 5.74) is 2.03. The lowest BCUT2D eigenvalue weighted by Gasteiger charge is -2.36. The Kier molecular flexibility index (Phi) is 4.69. The Bertz CT molecular complexity index is 824. The van der Waals surface area contributed by atoms with E-state index >= 15 is 0 Å². The molecule has 0 aliphatic carbocycles. The maximum absolute atomic E-state index is 14.5. The Morgan fingerprint density at radius 1 is 1.12 bits per heavy atom. The Hall–Kier alpha value is -1.79. The van der Waals surface area contributed by atoms with E-state index < -0.39 is 15.3 Å². The Morgan fingerprint density at radius 2 is 1.83 bits per heavy atom. The first-order valence-electron chi connectivity index (χ1n) is 8.09. The number of halogens is 1. The van der Waals surface area contributed by atoms with Crippen LogP contribution in [0.5, 0.6) is 0 Å². The minimum absolute atomic E-state index is 0.0797. The van der Waals surface area contributed by atoms with E-state index in [0.29, 0.717) is 12.0 Å². The fourth-order valence-electron chi connectivity index (χ4n) is 3.06. The lowest BCUT2D eigenvalue weighted by Crippen LogP contribution is -2.47. The van der Waals surface area contributed by atoms with Gasteiger partial charge in [-0.15, -0.1) is 0 Å². The summed E-state index contributed by atoms with van der Waals surface area (Å²) in [6.07, 6.45) is 4.77. The molecule has 2 atom stereocenters. The fourth-order valence-corrected chi connectivity index (χ4v) is 4.89. The van der Waals surface area contributed by atoms with Gasteiger partial charge in [0, 0.05) is 30.5 Å². The van der Waals surface area contributed by atoms with Crippen molar-refractivity contribution in [1.29, 1.82) is 0 Å². The van der Waals surface area contributed by atoms with E-state index in [1.807, 2.05) is 25.1 Å². The number of pyridine rings is 1. The third-order valence-corrected chi connectivity index (χ3v) is 7.11. The Balaban J connectivity index is 1.88. The SMILES string of the molecule is CC1CC[C@H](C)N(Cc2ccc(-c3ccncc3)cc2F)S1(=O)=O. The zero-order chi connectivity index (χ0) is 17.3. The van der Waals surface area contributed by atoms with Crippen molar-refractivity contribution < 1.29 is 12.8 Å². The van der Waals surface area contributed by atoms with Gasteiger partial charge in [0.15, 0.2) is 0 Å². The quantitative estimate of drug-likeness (QED) is 0.852. The summed E-state index contributed by atoms with van der Waals surface area (Å²) in [4.78, 5) is 3.95. The van der Waals surface area contributed by atoms with Crippen LogP contribution in [0.4, 0.5) is 4.39 Å². The Labute approximate surface area is 142 Å². The highest BCUT2D eigenvalue weighted by atomic mass is 32.2. The molecular formula is C18H21FN2O2S. The van der Waals surface area contributed by atoms with Crippen LogP contribution in [0, 0.1) is 5.82 Å². The van der Waals surface area contributed by atoms with Crippen LogP contribution in [-0.4, -0.2) is 29.0 Å². The standard InChI is InChI=1S/C18H21FN2O2S/c1-13-3-4-14(2)24(22,23)21(13)12-17-6-5-16(11-18(17)19)15-7-9-20-10-8-15/h5-11,13-14H,3-4,12H2,1-2H3/t13-,14?/m0/s1. The first-order chi connectivity index (χ1) is 11.4. The van der Waals surface area contributed by atoms with Gasteiger partial charge in [0.2, 0.25) is 10.0 Å². The van der Waals surface area contributed by atoms with Crippen LogP contribution >= 0.6 is 0 Å². The van der Waals surface area contributed by atoms with E-state index in [9.17, 15) is 12.8 Å². The molecule has 6 heteroatoms. The van der Waals surface area contributed by atoms with Crippen LogP contribution in [0.3, 0.4) is 0 Å². The van der Waals surface area contributed by atoms with Crippen LogP contribution in [0.1, 0.15) is 32.3 Å². The van der Waals surface area contributed by atoms with Gasteiger partial charge in [-0.05, 0) is 56.0 Å². The van der Waals surface area contributed by atoms with Crippen LogP contribution in [0.2, 0.25) is 0 Å². The normalized spacial score (nSPS) is 24.0. The third kappa shape index (κ3) is 3.21. The first kappa shape index (κ1) is 17.0. The zero-order valence-electron chi connectivity index (χ0n) is 13.8. The number of benzene rings is 1. The van der Waals surface area contributed by atoms with Gasteiger partial charge >= 0.3 is 0 Å². The number of hydrogen-bond donors (Lipinski definition) is 0. The molecule has 24 heavy (non-hydrogen) atoms. The van der Waals surface area contributed by atoms with Crippen molar-refractivity contribution in [2.24, 2.45) is 0 Å². The van der Waals surface area contributed by atoms with Crippen molar-refractivity contribution in [2.75, 3.05) is 0 Å². The molecule has 1 unspecified atom stereocenters. The van der Waals surface area contributed by atoms with Gasteiger partial charge in [0.05, 0.1) is 5.25 Å². The number of nitrogens with zero attached hydrogens (tertiary/aromatic N) is 2. The molecule has 1 aromatic heterocycles. The van der Waals surface area contributed by atoms with Gasteiger partial charge in [0.25, 0.3) is 0 Å². The highest BCUT2D eigenvalue weighted by Crippen LogP contribution is 2.29. The number of aromatic nitrogens is 1. The molecular weight excluding hydrogens is 327 g/mol. The number of sulfonamides is 1. The largest absolute Gasteiger partial charge is 0.265 e. The average Bonchev–Trinajstić information content (AvgIpc) is 2.57. The van der Waals surface area contributed by atoms with Crippen molar-refractivity contribution in [3.05, 3.63) is 54.1 Å². The molecule has 0 spiro atoms. The number of hydrogen-bond acceptors (Lipinski definition) is 3. The highest BCUT2D eigenvalue weighted by Gasteiger charge is 2.37. The molecule has 1 saturated heterocycles. The summed E-state index contributed by atoms with van der Waals surface area (Å²) in [5, 5.41) is -0.409. The van der Waals surface area contributed by atoms with Crippen LogP contribution < -0.4 is 0 Å². The molecule has 2 heterocycles. The van der Waals surface area contributed by atoms with Gasteiger partial charge in [-0.2, -0.15) is 4.31 Å². The minimum atomic E-state index is -3.37. The van der Waals surface area contributed by atoms with E-state index in [4.69, 9.17) is 0 Å². The molecule has 0 N–H and O–H groups in total. The third-order valence-electron chi connectivity index (χ3n) is 4.71. The van der Waals surface area contributed by atoms with E-state index in [1.165, 1.54) is 10.4 Å². The fraction of sp³-hybridized carbons (Fsp3) is 0.389. The van der Waals surface area contributed by atoms with Crippen molar-refractivity contribution >= 4 is 10.0 Å². The maximum atomic E-state index is 14.5. The molecule has 3 rings (SSSR count).